The molecule has 6 aromatic rings. The second kappa shape index (κ2) is 9.35. The van der Waals surface area contributed by atoms with Gasteiger partial charge in [0.15, 0.2) is 11.5 Å². The number of hydrogen-bond acceptors (Lipinski definition) is 4. The van der Waals surface area contributed by atoms with Crippen molar-refractivity contribution >= 4 is 46.2 Å². The van der Waals surface area contributed by atoms with E-state index in [9.17, 15) is 0 Å². The van der Waals surface area contributed by atoms with Gasteiger partial charge in [-0.1, -0.05) is 101 Å². The van der Waals surface area contributed by atoms with Gasteiger partial charge >= 0.3 is 6.85 Å². The van der Waals surface area contributed by atoms with Gasteiger partial charge in [-0.25, -0.2) is 0 Å². The summed E-state index contributed by atoms with van der Waals surface area (Å²) < 4.78 is 13.4. The molecule has 4 heterocycles. The highest BCUT2D eigenvalue weighted by molar-refractivity contribution is 6.93. The maximum Gasteiger partial charge on any atom is 0.333 e. The SMILES string of the molecule is CC(C)(C)c1cc2c3c(c1)N1c4ccccc4Oc4cccc(c41)B3N(c1ccccc1)c1cc3c(cc1-2)Oc1ccccc1C3(C)C. The van der Waals surface area contributed by atoms with Crippen molar-refractivity contribution in [3.63, 3.8) is 0 Å². The molecule has 0 spiro atoms. The summed E-state index contributed by atoms with van der Waals surface area (Å²) in [5.41, 5.74) is 14.1. The van der Waals surface area contributed by atoms with E-state index in [0.29, 0.717) is 0 Å². The Hall–Kier alpha value is -5.42. The third kappa shape index (κ3) is 3.62. The summed E-state index contributed by atoms with van der Waals surface area (Å²) in [6, 6.07) is 43.9. The Morgan fingerprint density at radius 1 is 0.583 bits per heavy atom. The molecule has 10 rings (SSSR count). The van der Waals surface area contributed by atoms with Gasteiger partial charge in [-0.15, -0.1) is 0 Å². The molecule has 0 aromatic heterocycles. The van der Waals surface area contributed by atoms with Crippen LogP contribution in [0.4, 0.5) is 28.4 Å². The van der Waals surface area contributed by atoms with Crippen LogP contribution in [0.3, 0.4) is 0 Å². The zero-order valence-corrected chi connectivity index (χ0v) is 27.8. The van der Waals surface area contributed by atoms with E-state index in [2.05, 4.69) is 166 Å². The molecule has 232 valence electrons. The molecule has 0 radical (unpaired) electrons. The number of nitrogens with zero attached hydrogens (tertiary/aromatic N) is 2. The van der Waals surface area contributed by atoms with E-state index in [1.54, 1.807) is 0 Å². The lowest BCUT2D eigenvalue weighted by Gasteiger charge is -2.48. The van der Waals surface area contributed by atoms with Crippen molar-refractivity contribution in [3.05, 3.63) is 138 Å². The highest BCUT2D eigenvalue weighted by atomic mass is 16.5. The van der Waals surface area contributed by atoms with Gasteiger partial charge in [0, 0.05) is 39.2 Å². The normalized spacial score (nSPS) is 15.6. The summed E-state index contributed by atoms with van der Waals surface area (Å²) >= 11 is 0. The summed E-state index contributed by atoms with van der Waals surface area (Å²) in [6.45, 7) is 11.5. The van der Waals surface area contributed by atoms with Crippen molar-refractivity contribution in [2.45, 2.75) is 45.4 Å². The average Bonchev–Trinajstić information content (AvgIpc) is 3.09. The zero-order valence-electron chi connectivity index (χ0n) is 27.8. The van der Waals surface area contributed by atoms with Crippen LogP contribution in [0.1, 0.15) is 51.3 Å². The number of anilines is 5. The summed E-state index contributed by atoms with van der Waals surface area (Å²) in [5, 5.41) is 0. The second-order valence-corrected chi connectivity index (χ2v) is 15.0. The van der Waals surface area contributed by atoms with E-state index in [1.165, 1.54) is 50.1 Å². The van der Waals surface area contributed by atoms with Crippen LogP contribution in [0, 0.1) is 0 Å². The van der Waals surface area contributed by atoms with Crippen LogP contribution in [0.25, 0.3) is 11.1 Å². The van der Waals surface area contributed by atoms with Crippen molar-refractivity contribution in [2.24, 2.45) is 0 Å². The predicted molar refractivity (Wildman–Crippen MR) is 198 cm³/mol. The monoisotopic (exact) mass is 622 g/mol. The Balaban J connectivity index is 1.35. The van der Waals surface area contributed by atoms with Gasteiger partial charge in [0.25, 0.3) is 0 Å². The summed E-state index contributed by atoms with van der Waals surface area (Å²) in [6.07, 6.45) is 0. The number of rotatable bonds is 1. The maximum atomic E-state index is 6.75. The Morgan fingerprint density at radius 3 is 2.10 bits per heavy atom. The molecule has 0 saturated carbocycles. The van der Waals surface area contributed by atoms with Gasteiger partial charge < -0.3 is 19.2 Å². The minimum absolute atomic E-state index is 0.0723. The lowest BCUT2D eigenvalue weighted by atomic mass is 9.43. The molecule has 0 amide bonds. The molecule has 0 unspecified atom stereocenters. The van der Waals surface area contributed by atoms with Crippen molar-refractivity contribution < 1.29 is 9.47 Å². The standard InChI is InChI=1S/C43H35BN2O2/c1-42(2,3)26-22-29-28-24-39-31(43(4,5)30-16-9-11-19-36(30)47-39)25-34(28)46(27-14-7-6-8-15-27)44-32-17-13-21-38-41(32)45(35(23-26)40(29)44)33-18-10-12-20-37(33)48-38/h6-25H,1-5H3. The van der Waals surface area contributed by atoms with Crippen LogP contribution >= 0.6 is 0 Å². The first-order chi connectivity index (χ1) is 23.2. The van der Waals surface area contributed by atoms with Crippen molar-refractivity contribution in [1.29, 1.82) is 0 Å². The number of hydrogen-bond donors (Lipinski definition) is 0. The van der Waals surface area contributed by atoms with Crippen LogP contribution in [0.15, 0.2) is 121 Å². The zero-order chi connectivity index (χ0) is 32.5. The Labute approximate surface area is 282 Å². The van der Waals surface area contributed by atoms with Gasteiger partial charge in [-0.3, -0.25) is 0 Å². The van der Waals surface area contributed by atoms with Crippen LogP contribution < -0.4 is 30.1 Å². The first kappa shape index (κ1) is 27.7. The van der Waals surface area contributed by atoms with Crippen LogP contribution in [0.2, 0.25) is 0 Å². The van der Waals surface area contributed by atoms with E-state index in [0.717, 1.165) is 40.1 Å². The summed E-state index contributed by atoms with van der Waals surface area (Å²) in [5.74, 6) is 3.61. The molecule has 0 bridgehead atoms. The van der Waals surface area contributed by atoms with Crippen LogP contribution in [0.5, 0.6) is 23.0 Å². The van der Waals surface area contributed by atoms with E-state index in [4.69, 9.17) is 9.47 Å². The smallest absolute Gasteiger partial charge is 0.333 e. The largest absolute Gasteiger partial charge is 0.457 e. The first-order valence-corrected chi connectivity index (χ1v) is 16.9. The second-order valence-electron chi connectivity index (χ2n) is 15.0. The fourth-order valence-corrected chi connectivity index (χ4v) is 8.40. The molecule has 0 aliphatic carbocycles. The van der Waals surface area contributed by atoms with Crippen molar-refractivity contribution in [3.8, 4) is 34.1 Å². The molecule has 0 N–H and O–H groups in total. The molecule has 0 fully saturated rings. The number of benzene rings is 6. The molecule has 4 nitrogen and oxygen atoms in total. The quantitative estimate of drug-likeness (QED) is 0.170. The van der Waals surface area contributed by atoms with Gasteiger partial charge in [0.05, 0.1) is 11.4 Å². The summed E-state index contributed by atoms with van der Waals surface area (Å²) in [7, 11) is 0. The predicted octanol–water partition coefficient (Wildman–Crippen LogP) is 10.2. The molecule has 5 heteroatoms. The summed E-state index contributed by atoms with van der Waals surface area (Å²) in [4.78, 5) is 5.01. The van der Waals surface area contributed by atoms with Gasteiger partial charge in [0.1, 0.15) is 11.5 Å². The minimum atomic E-state index is -0.243. The number of para-hydroxylation sites is 5. The van der Waals surface area contributed by atoms with Gasteiger partial charge in [0.2, 0.25) is 0 Å². The van der Waals surface area contributed by atoms with Crippen molar-refractivity contribution in [2.75, 3.05) is 9.71 Å². The third-order valence-electron chi connectivity index (χ3n) is 10.8. The minimum Gasteiger partial charge on any atom is -0.457 e. The average molecular weight is 623 g/mol. The maximum absolute atomic E-state index is 6.75. The Kier molecular flexibility index (Phi) is 5.39. The fourth-order valence-electron chi connectivity index (χ4n) is 8.40. The molecule has 6 aromatic carbocycles. The van der Waals surface area contributed by atoms with E-state index in [1.807, 2.05) is 0 Å². The highest BCUT2D eigenvalue weighted by Crippen LogP contribution is 2.57. The van der Waals surface area contributed by atoms with E-state index in [-0.39, 0.29) is 17.7 Å². The number of fused-ring (bicyclic) bond motifs is 8. The van der Waals surface area contributed by atoms with Crippen molar-refractivity contribution in [1.82, 2.24) is 0 Å². The molecule has 48 heavy (non-hydrogen) atoms. The topological polar surface area (TPSA) is 24.9 Å². The van der Waals surface area contributed by atoms with Gasteiger partial charge in [-0.05, 0) is 82.1 Å². The van der Waals surface area contributed by atoms with E-state index >= 15 is 0 Å². The lowest BCUT2D eigenvalue weighted by Crippen LogP contribution is -2.62. The molecule has 4 aliphatic heterocycles. The van der Waals surface area contributed by atoms with Crippen LogP contribution in [-0.4, -0.2) is 6.85 Å². The highest BCUT2D eigenvalue weighted by Gasteiger charge is 2.49. The molecular formula is C43H35BN2O2. The Morgan fingerprint density at radius 2 is 1.29 bits per heavy atom. The first-order valence-electron chi connectivity index (χ1n) is 16.9. The van der Waals surface area contributed by atoms with Gasteiger partial charge in [-0.2, -0.15) is 0 Å². The molecule has 0 atom stereocenters. The van der Waals surface area contributed by atoms with E-state index < -0.39 is 0 Å². The Bertz CT molecular complexity index is 2340. The fraction of sp³-hybridized carbons (Fsp3) is 0.163. The lowest BCUT2D eigenvalue weighted by molar-refractivity contribution is 0.418. The number of ether oxygens (including phenoxy) is 2. The third-order valence-corrected chi connectivity index (χ3v) is 10.8. The van der Waals surface area contributed by atoms with Crippen LogP contribution in [-0.2, 0) is 10.8 Å². The molecular weight excluding hydrogens is 587 g/mol. The molecule has 0 saturated heterocycles. The molecule has 4 aliphatic rings.